The molecule has 1 aliphatic carbocycles. The zero-order valence-corrected chi connectivity index (χ0v) is 11.1. The van der Waals surface area contributed by atoms with Crippen molar-refractivity contribution < 1.29 is 2.74 Å². The molecule has 0 saturated heterocycles. The highest BCUT2D eigenvalue weighted by Gasteiger charge is 2.12. The summed E-state index contributed by atoms with van der Waals surface area (Å²) in [6.45, 7) is 0. The van der Waals surface area contributed by atoms with Crippen LogP contribution in [0.25, 0.3) is 28.0 Å². The Balaban J connectivity index is 2.07. The minimum atomic E-state index is -1.32. The molecule has 0 heteroatoms. The summed E-state index contributed by atoms with van der Waals surface area (Å²) in [5, 5.41) is 2.35. The highest BCUT2D eigenvalue weighted by atomic mass is 14.2. The number of benzene rings is 3. The first-order valence-corrected chi connectivity index (χ1v) is 6.95. The second kappa shape index (κ2) is 4.64. The van der Waals surface area contributed by atoms with Crippen LogP contribution in [-0.4, -0.2) is 0 Å². The molecule has 0 unspecified atom stereocenters. The first-order valence-electron chi connectivity index (χ1n) is 7.95. The fraction of sp³-hybridized carbons (Fsp3) is 0.100. The molecule has 0 fully saturated rings. The molecule has 0 spiro atoms. The minimum absolute atomic E-state index is 0.432. The van der Waals surface area contributed by atoms with E-state index in [1.807, 2.05) is 48.6 Å². The van der Waals surface area contributed by atoms with E-state index in [-0.39, 0.29) is 0 Å². The van der Waals surface area contributed by atoms with Gasteiger partial charge in [0.25, 0.3) is 0 Å². The van der Waals surface area contributed by atoms with Crippen molar-refractivity contribution in [2.45, 2.75) is 12.8 Å². The number of rotatable bonds is 1. The van der Waals surface area contributed by atoms with Crippen molar-refractivity contribution in [2.24, 2.45) is 0 Å². The van der Waals surface area contributed by atoms with Gasteiger partial charge in [0.05, 0.1) is 0 Å². The highest BCUT2D eigenvalue weighted by Crippen LogP contribution is 2.34. The zero-order valence-electron chi connectivity index (χ0n) is 13.1. The Morgan fingerprint density at radius 3 is 2.60 bits per heavy atom. The molecule has 1 aliphatic rings. The van der Waals surface area contributed by atoms with Crippen molar-refractivity contribution in [1.82, 2.24) is 0 Å². The van der Waals surface area contributed by atoms with E-state index >= 15 is 0 Å². The third-order valence-corrected chi connectivity index (χ3v) is 3.87. The van der Waals surface area contributed by atoms with Crippen LogP contribution in [0.1, 0.15) is 20.3 Å². The fourth-order valence-electron chi connectivity index (χ4n) is 2.94. The lowest BCUT2D eigenvalue weighted by Crippen LogP contribution is -1.97. The molecule has 0 aliphatic heterocycles. The van der Waals surface area contributed by atoms with Gasteiger partial charge in [-0.15, -0.1) is 0 Å². The van der Waals surface area contributed by atoms with E-state index < -0.39 is 6.37 Å². The Morgan fingerprint density at radius 2 is 1.60 bits per heavy atom. The standard InChI is InChI=1S/C20H16/c1-3-11-17-15(7-1)9-5-13-19(17)20-14-6-10-16-8-2-4-12-18(16)20/h1-3,5-11,13-14H,4,12H2/i12D2. The van der Waals surface area contributed by atoms with Crippen LogP contribution in [0.15, 0.2) is 66.7 Å². The normalized spacial score (nSPS) is 17.4. The predicted octanol–water partition coefficient (Wildman–Crippen LogP) is 5.47. The summed E-state index contributed by atoms with van der Waals surface area (Å²) in [4.78, 5) is 0. The van der Waals surface area contributed by atoms with Gasteiger partial charge in [-0.3, -0.25) is 0 Å². The van der Waals surface area contributed by atoms with Gasteiger partial charge in [0.15, 0.2) is 0 Å². The lowest BCUT2D eigenvalue weighted by Gasteiger charge is -2.17. The third-order valence-electron chi connectivity index (χ3n) is 3.87. The van der Waals surface area contributed by atoms with Crippen molar-refractivity contribution in [3.05, 3.63) is 77.9 Å². The minimum Gasteiger partial charge on any atom is -0.0836 e. The SMILES string of the molecule is [2H]C1([2H])CC=Cc2cccc(-c3cccc4ccccc34)c21. The molecule has 0 nitrogen and oxygen atoms in total. The van der Waals surface area contributed by atoms with Crippen LogP contribution in [0.3, 0.4) is 0 Å². The Labute approximate surface area is 122 Å². The fourth-order valence-corrected chi connectivity index (χ4v) is 2.94. The number of hydrogen-bond donors (Lipinski definition) is 0. The largest absolute Gasteiger partial charge is 0.0836 e. The van der Waals surface area contributed by atoms with Crippen LogP contribution < -0.4 is 0 Å². The van der Waals surface area contributed by atoms with Gasteiger partial charge in [-0.25, -0.2) is 0 Å². The molecule has 0 radical (unpaired) electrons. The first kappa shape index (κ1) is 9.55. The van der Waals surface area contributed by atoms with E-state index in [1.165, 1.54) is 10.8 Å². The van der Waals surface area contributed by atoms with Crippen molar-refractivity contribution in [3.8, 4) is 11.1 Å². The van der Waals surface area contributed by atoms with Gasteiger partial charge in [0, 0.05) is 2.74 Å². The summed E-state index contributed by atoms with van der Waals surface area (Å²) < 4.78 is 16.8. The Morgan fingerprint density at radius 1 is 0.800 bits per heavy atom. The lowest BCUT2D eigenvalue weighted by atomic mass is 9.87. The first-order chi connectivity index (χ1) is 10.7. The van der Waals surface area contributed by atoms with Crippen LogP contribution in [0.5, 0.6) is 0 Å². The monoisotopic (exact) mass is 258 g/mol. The lowest BCUT2D eigenvalue weighted by molar-refractivity contribution is 0.988. The topological polar surface area (TPSA) is 0 Å². The van der Waals surface area contributed by atoms with Crippen molar-refractivity contribution in [1.29, 1.82) is 0 Å². The molecule has 0 aromatic heterocycles. The molecule has 0 saturated carbocycles. The van der Waals surface area contributed by atoms with E-state index in [1.54, 1.807) is 0 Å². The molecule has 3 aromatic carbocycles. The maximum Gasteiger partial charge on any atom is 0.0320 e. The molecule has 0 N–H and O–H groups in total. The van der Waals surface area contributed by atoms with Crippen LogP contribution in [0.2, 0.25) is 0 Å². The molecule has 96 valence electrons. The molecule has 0 bridgehead atoms. The zero-order chi connectivity index (χ0) is 15.2. The molecule has 20 heavy (non-hydrogen) atoms. The van der Waals surface area contributed by atoms with E-state index in [0.29, 0.717) is 6.42 Å². The van der Waals surface area contributed by atoms with Gasteiger partial charge in [0.2, 0.25) is 0 Å². The number of fused-ring (bicyclic) bond motifs is 2. The molecular weight excluding hydrogens is 240 g/mol. The second-order valence-electron chi connectivity index (χ2n) is 5.08. The quantitative estimate of drug-likeness (QED) is 0.543. The van der Waals surface area contributed by atoms with Gasteiger partial charge in [0.1, 0.15) is 0 Å². The van der Waals surface area contributed by atoms with E-state index in [2.05, 4.69) is 24.3 Å². The molecule has 0 atom stereocenters. The summed E-state index contributed by atoms with van der Waals surface area (Å²) in [5.74, 6) is 0. The van der Waals surface area contributed by atoms with Crippen molar-refractivity contribution in [3.63, 3.8) is 0 Å². The van der Waals surface area contributed by atoms with E-state index in [4.69, 9.17) is 2.74 Å². The van der Waals surface area contributed by atoms with Gasteiger partial charge in [-0.05, 0) is 45.8 Å². The predicted molar refractivity (Wildman–Crippen MR) is 86.7 cm³/mol. The van der Waals surface area contributed by atoms with Crippen LogP contribution in [0, 0.1) is 0 Å². The van der Waals surface area contributed by atoms with E-state index in [9.17, 15) is 0 Å². The average Bonchev–Trinajstić information content (AvgIpc) is 2.53. The van der Waals surface area contributed by atoms with Crippen molar-refractivity contribution in [2.75, 3.05) is 0 Å². The summed E-state index contributed by atoms with van der Waals surface area (Å²) in [7, 11) is 0. The van der Waals surface area contributed by atoms with Crippen LogP contribution in [-0.2, 0) is 6.37 Å². The maximum absolute atomic E-state index is 8.42. The summed E-state index contributed by atoms with van der Waals surface area (Å²) in [6.07, 6.45) is 3.07. The third kappa shape index (κ3) is 1.77. The summed E-state index contributed by atoms with van der Waals surface area (Å²) in [5.41, 5.74) is 3.91. The van der Waals surface area contributed by atoms with Crippen molar-refractivity contribution >= 4 is 16.8 Å². The molecule has 4 rings (SSSR count). The molecule has 0 amide bonds. The highest BCUT2D eigenvalue weighted by molar-refractivity contribution is 5.97. The molecule has 0 heterocycles. The van der Waals surface area contributed by atoms with Gasteiger partial charge in [-0.2, -0.15) is 0 Å². The molecule has 3 aromatic rings. The molecular formula is C20H16. The second-order valence-corrected chi connectivity index (χ2v) is 5.08. The van der Waals surface area contributed by atoms with Crippen LogP contribution in [0.4, 0.5) is 0 Å². The Hall–Kier alpha value is -2.34. The van der Waals surface area contributed by atoms with Gasteiger partial charge in [-0.1, -0.05) is 72.8 Å². The Kier molecular flexibility index (Phi) is 2.22. The average molecular weight is 258 g/mol. The summed E-state index contributed by atoms with van der Waals surface area (Å²) in [6, 6.07) is 20.6. The van der Waals surface area contributed by atoms with Gasteiger partial charge >= 0.3 is 0 Å². The smallest absolute Gasteiger partial charge is 0.0320 e. The Bertz CT molecular complexity index is 886. The van der Waals surface area contributed by atoms with E-state index in [0.717, 1.165) is 22.3 Å². The summed E-state index contributed by atoms with van der Waals surface area (Å²) >= 11 is 0. The van der Waals surface area contributed by atoms with Crippen LogP contribution >= 0.6 is 0 Å². The number of allylic oxidation sites excluding steroid dienone is 1. The van der Waals surface area contributed by atoms with Gasteiger partial charge < -0.3 is 0 Å². The number of hydrogen-bond acceptors (Lipinski definition) is 0. The maximum atomic E-state index is 8.42.